The van der Waals surface area contributed by atoms with E-state index >= 15 is 0 Å². The van der Waals surface area contributed by atoms with Crippen molar-refractivity contribution in [3.63, 3.8) is 0 Å². The third kappa shape index (κ3) is 5.02. The Balaban J connectivity index is 1.63. The van der Waals surface area contributed by atoms with Crippen LogP contribution in [0.5, 0.6) is 11.5 Å². The van der Waals surface area contributed by atoms with Crippen molar-refractivity contribution in [2.24, 2.45) is 5.92 Å². The highest BCUT2D eigenvalue weighted by atomic mass is 16.5. The number of fused-ring (bicyclic) bond motifs is 1. The van der Waals surface area contributed by atoms with E-state index in [1.165, 1.54) is 0 Å². The number of ether oxygens (including phenoxy) is 2. The number of likely N-dealkylation sites (tertiary alicyclic amines) is 1. The van der Waals surface area contributed by atoms with Crippen LogP contribution in [-0.2, 0) is 4.79 Å². The Bertz CT molecular complexity index is 987. The van der Waals surface area contributed by atoms with Crippen LogP contribution in [0.15, 0.2) is 36.4 Å². The Morgan fingerprint density at radius 3 is 2.55 bits per heavy atom. The zero-order valence-corrected chi connectivity index (χ0v) is 20.2. The molecule has 2 aromatic rings. The summed E-state index contributed by atoms with van der Waals surface area (Å²) in [6.45, 7) is 4.99. The summed E-state index contributed by atoms with van der Waals surface area (Å²) >= 11 is 0. The lowest BCUT2D eigenvalue weighted by Crippen LogP contribution is -2.56. The van der Waals surface area contributed by atoms with E-state index in [4.69, 9.17) is 9.47 Å². The Morgan fingerprint density at radius 1 is 1.09 bits per heavy atom. The molecule has 2 aliphatic rings. The summed E-state index contributed by atoms with van der Waals surface area (Å²) in [7, 11) is 3.30. The van der Waals surface area contributed by atoms with Gasteiger partial charge in [0.1, 0.15) is 11.5 Å². The highest BCUT2D eigenvalue weighted by Gasteiger charge is 2.49. The summed E-state index contributed by atoms with van der Waals surface area (Å²) in [4.78, 5) is 15.3. The topological polar surface area (TPSA) is 71.0 Å². The van der Waals surface area contributed by atoms with E-state index in [9.17, 15) is 9.90 Å². The van der Waals surface area contributed by atoms with Gasteiger partial charge in [-0.1, -0.05) is 25.0 Å². The molecule has 6 nitrogen and oxygen atoms in total. The minimum atomic E-state index is -0.700. The summed E-state index contributed by atoms with van der Waals surface area (Å²) in [5, 5.41) is 14.6. The molecule has 1 heterocycles. The molecule has 178 valence electrons. The van der Waals surface area contributed by atoms with Gasteiger partial charge in [0.15, 0.2) is 0 Å². The predicted molar refractivity (Wildman–Crippen MR) is 130 cm³/mol. The van der Waals surface area contributed by atoms with Gasteiger partial charge in [0.2, 0.25) is 5.91 Å². The number of amides is 1. The maximum absolute atomic E-state index is 13.1. The summed E-state index contributed by atoms with van der Waals surface area (Å²) in [6.07, 6.45) is 4.57. The molecule has 6 heteroatoms. The number of anilines is 1. The number of hydrogen-bond donors (Lipinski definition) is 2. The fraction of sp³-hybridized carbons (Fsp3) is 0.519. The minimum absolute atomic E-state index is 0.0428. The van der Waals surface area contributed by atoms with Crippen LogP contribution in [-0.4, -0.2) is 48.8 Å². The molecule has 0 bridgehead atoms. The molecular formula is C27H36N2O4. The summed E-state index contributed by atoms with van der Waals surface area (Å²) in [5.41, 5.74) is 3.37. The normalized spacial score (nSPS) is 25.2. The van der Waals surface area contributed by atoms with Gasteiger partial charge in [-0.2, -0.15) is 0 Å². The van der Waals surface area contributed by atoms with Gasteiger partial charge in [-0.25, -0.2) is 0 Å². The maximum atomic E-state index is 13.1. The first-order valence-corrected chi connectivity index (χ1v) is 11.9. The van der Waals surface area contributed by atoms with E-state index < -0.39 is 5.60 Å². The first-order chi connectivity index (χ1) is 15.8. The smallest absolute Gasteiger partial charge is 0.238 e. The van der Waals surface area contributed by atoms with E-state index in [1.54, 1.807) is 14.2 Å². The van der Waals surface area contributed by atoms with Gasteiger partial charge in [0.05, 0.1) is 26.4 Å². The lowest BCUT2D eigenvalue weighted by Gasteiger charge is -2.52. The van der Waals surface area contributed by atoms with Crippen LogP contribution >= 0.6 is 0 Å². The van der Waals surface area contributed by atoms with Crippen LogP contribution in [0.3, 0.4) is 0 Å². The number of rotatable bonds is 6. The van der Waals surface area contributed by atoms with E-state index in [2.05, 4.69) is 16.3 Å². The van der Waals surface area contributed by atoms with Gasteiger partial charge in [-0.3, -0.25) is 9.69 Å². The zero-order valence-electron chi connectivity index (χ0n) is 20.2. The van der Waals surface area contributed by atoms with Crippen molar-refractivity contribution in [2.45, 2.75) is 57.6 Å². The number of aryl methyl sites for hydroxylation is 2. The number of nitrogens with zero attached hydrogens (tertiary/aromatic N) is 1. The Labute approximate surface area is 196 Å². The molecular weight excluding hydrogens is 416 g/mol. The number of hydrogen-bond acceptors (Lipinski definition) is 5. The number of aliphatic hydroxyl groups is 1. The van der Waals surface area contributed by atoms with Gasteiger partial charge in [0.25, 0.3) is 0 Å². The zero-order chi connectivity index (χ0) is 23.6. The molecule has 4 rings (SSSR count). The third-order valence-electron chi connectivity index (χ3n) is 7.28. The number of carbonyl (C=O) groups is 1. The molecule has 0 unspecified atom stereocenters. The minimum Gasteiger partial charge on any atom is -0.497 e. The van der Waals surface area contributed by atoms with Gasteiger partial charge in [0, 0.05) is 35.8 Å². The van der Waals surface area contributed by atoms with Gasteiger partial charge < -0.3 is 19.9 Å². The molecule has 1 aliphatic carbocycles. The number of methoxy groups -OCH3 is 2. The lowest BCUT2D eigenvalue weighted by atomic mass is 9.66. The van der Waals surface area contributed by atoms with E-state index in [0.717, 1.165) is 59.6 Å². The van der Waals surface area contributed by atoms with E-state index in [1.807, 2.05) is 44.2 Å². The van der Waals surface area contributed by atoms with Crippen LogP contribution in [0.1, 0.15) is 54.8 Å². The monoisotopic (exact) mass is 452 g/mol. The fourth-order valence-electron chi connectivity index (χ4n) is 5.83. The maximum Gasteiger partial charge on any atom is 0.238 e. The van der Waals surface area contributed by atoms with Crippen molar-refractivity contribution in [2.75, 3.05) is 32.6 Å². The molecule has 1 saturated carbocycles. The standard InChI is InChI=1S/C27H36N2O4/c1-18-13-19(2)15-20(14-18)28-25(30)17-29-12-11-27(31)10-6-5-7-23(27)26(29)22-9-8-21(32-3)16-24(22)33-4/h8-9,13-16,23,26,31H,5-7,10-12,17H2,1-4H3,(H,28,30)/t23-,26-,27-/m1/s1. The van der Waals surface area contributed by atoms with Crippen LogP contribution in [0.25, 0.3) is 0 Å². The highest BCUT2D eigenvalue weighted by Crippen LogP contribution is 2.51. The van der Waals surface area contributed by atoms with E-state index in [-0.39, 0.29) is 24.4 Å². The van der Waals surface area contributed by atoms with Crippen molar-refractivity contribution < 1.29 is 19.4 Å². The molecule has 2 fully saturated rings. The SMILES string of the molecule is COc1ccc([C@@H]2[C@H]3CCCC[C@@]3(O)CCN2CC(=O)Nc2cc(C)cc(C)c2)c(OC)c1. The second-order valence-corrected chi connectivity index (χ2v) is 9.65. The fourth-order valence-corrected chi connectivity index (χ4v) is 5.83. The highest BCUT2D eigenvalue weighted by molar-refractivity contribution is 5.92. The Hall–Kier alpha value is -2.57. The molecule has 0 aromatic heterocycles. The average molecular weight is 453 g/mol. The van der Waals surface area contributed by atoms with Crippen LogP contribution in [0.4, 0.5) is 5.69 Å². The van der Waals surface area contributed by atoms with Crippen LogP contribution in [0.2, 0.25) is 0 Å². The van der Waals surface area contributed by atoms with Crippen LogP contribution in [0, 0.1) is 19.8 Å². The molecule has 0 radical (unpaired) electrons. The predicted octanol–water partition coefficient (Wildman–Crippen LogP) is 4.63. The van der Waals surface area contributed by atoms with Gasteiger partial charge in [-0.05, 0) is 62.4 Å². The van der Waals surface area contributed by atoms with Gasteiger partial charge >= 0.3 is 0 Å². The van der Waals surface area contributed by atoms with Crippen molar-refractivity contribution >= 4 is 11.6 Å². The molecule has 1 amide bonds. The van der Waals surface area contributed by atoms with Gasteiger partial charge in [-0.15, -0.1) is 0 Å². The number of piperidine rings is 1. The first kappa shape index (κ1) is 23.6. The molecule has 1 aliphatic heterocycles. The summed E-state index contributed by atoms with van der Waals surface area (Å²) < 4.78 is 11.1. The molecule has 1 saturated heterocycles. The van der Waals surface area contributed by atoms with Crippen LogP contribution < -0.4 is 14.8 Å². The quantitative estimate of drug-likeness (QED) is 0.669. The second-order valence-electron chi connectivity index (χ2n) is 9.65. The Kier molecular flexibility index (Phi) is 6.96. The summed E-state index contributed by atoms with van der Waals surface area (Å²) in [5.74, 6) is 1.47. The average Bonchev–Trinajstić information content (AvgIpc) is 2.78. The third-order valence-corrected chi connectivity index (χ3v) is 7.28. The summed E-state index contributed by atoms with van der Waals surface area (Å²) in [6, 6.07) is 11.8. The molecule has 33 heavy (non-hydrogen) atoms. The van der Waals surface area contributed by atoms with E-state index in [0.29, 0.717) is 13.0 Å². The lowest BCUT2D eigenvalue weighted by molar-refractivity contribution is -0.135. The Morgan fingerprint density at radius 2 is 1.85 bits per heavy atom. The number of nitrogens with one attached hydrogen (secondary N) is 1. The first-order valence-electron chi connectivity index (χ1n) is 11.9. The van der Waals surface area contributed by atoms with Crippen molar-refractivity contribution in [3.8, 4) is 11.5 Å². The van der Waals surface area contributed by atoms with Crippen molar-refractivity contribution in [3.05, 3.63) is 53.1 Å². The molecule has 2 N–H and O–H groups in total. The second kappa shape index (κ2) is 9.74. The van der Waals surface area contributed by atoms with Crippen molar-refractivity contribution in [1.29, 1.82) is 0 Å². The van der Waals surface area contributed by atoms with Crippen molar-refractivity contribution in [1.82, 2.24) is 4.90 Å². The molecule has 0 spiro atoms. The molecule has 2 aromatic carbocycles. The molecule has 3 atom stereocenters. The largest absolute Gasteiger partial charge is 0.497 e. The number of carbonyl (C=O) groups excluding carboxylic acids is 1. The number of benzene rings is 2.